The minimum absolute atomic E-state index is 0.145. The number of hydrogen-bond acceptors (Lipinski definition) is 6. The van der Waals surface area contributed by atoms with Crippen LogP contribution in [0.25, 0.3) is 0 Å². The fraction of sp³-hybridized carbons (Fsp3) is 0.467. The number of ether oxygens (including phenoxy) is 2. The molecule has 1 aromatic carbocycles. The molecule has 1 atom stereocenters. The van der Waals surface area contributed by atoms with E-state index in [0.717, 1.165) is 0 Å². The van der Waals surface area contributed by atoms with Crippen molar-refractivity contribution in [3.63, 3.8) is 0 Å². The van der Waals surface area contributed by atoms with Gasteiger partial charge >= 0.3 is 13.1 Å². The topological polar surface area (TPSA) is 94.1 Å². The number of benzene rings is 1. The molecule has 0 aliphatic carbocycles. The van der Waals surface area contributed by atoms with Crippen LogP contribution in [0.1, 0.15) is 36.2 Å². The van der Waals surface area contributed by atoms with Crippen molar-refractivity contribution in [1.29, 1.82) is 0 Å². The Kier molecular flexibility index (Phi) is 5.49. The van der Waals surface area contributed by atoms with Gasteiger partial charge in [-0.3, -0.25) is 4.79 Å². The van der Waals surface area contributed by atoms with E-state index in [1.54, 1.807) is 26.0 Å². The van der Waals surface area contributed by atoms with Gasteiger partial charge in [-0.15, -0.1) is 0 Å². The first-order chi connectivity index (χ1) is 11.0. The molecule has 0 spiro atoms. The molecule has 0 saturated heterocycles. The number of rotatable bonds is 5. The van der Waals surface area contributed by atoms with Gasteiger partial charge in [0.2, 0.25) is 5.91 Å². The second kappa shape index (κ2) is 7.37. The summed E-state index contributed by atoms with van der Waals surface area (Å²) in [4.78, 5) is 23.7. The molecule has 2 rings (SSSR count). The molecule has 1 aliphatic rings. The standard InChI is InChI=1S/C15H20BNO6/c1-4-12(18)17-11-8-9-6-7-10(21-3)13(15(19)22-5-2)14(9)23-16(11)20/h6-7,11,20H,4-5,8H2,1-3H3,(H,17,18). The molecule has 0 radical (unpaired) electrons. The van der Waals surface area contributed by atoms with Crippen molar-refractivity contribution >= 4 is 19.0 Å². The largest absolute Gasteiger partial charge is 0.547 e. The number of amides is 1. The van der Waals surface area contributed by atoms with E-state index >= 15 is 0 Å². The first kappa shape index (κ1) is 17.1. The molecule has 8 heteroatoms. The minimum Gasteiger partial charge on any atom is -0.534 e. The van der Waals surface area contributed by atoms with Crippen molar-refractivity contribution < 1.29 is 28.7 Å². The molecule has 1 aromatic rings. The lowest BCUT2D eigenvalue weighted by Crippen LogP contribution is -2.53. The van der Waals surface area contributed by atoms with Crippen LogP contribution in [0.4, 0.5) is 0 Å². The highest BCUT2D eigenvalue weighted by atomic mass is 16.5. The van der Waals surface area contributed by atoms with Crippen LogP contribution >= 0.6 is 0 Å². The third-order valence-corrected chi connectivity index (χ3v) is 3.59. The van der Waals surface area contributed by atoms with Crippen LogP contribution in [-0.4, -0.2) is 43.7 Å². The number of carbonyl (C=O) groups is 2. The molecule has 2 N–H and O–H groups in total. The van der Waals surface area contributed by atoms with E-state index in [0.29, 0.717) is 24.2 Å². The second-order valence-electron chi connectivity index (χ2n) is 5.09. The molecule has 1 heterocycles. The van der Waals surface area contributed by atoms with Crippen LogP contribution in [0.5, 0.6) is 11.5 Å². The molecule has 1 amide bonds. The molecule has 1 aliphatic heterocycles. The maximum atomic E-state index is 12.2. The van der Waals surface area contributed by atoms with Crippen LogP contribution in [0.3, 0.4) is 0 Å². The Morgan fingerprint density at radius 3 is 2.78 bits per heavy atom. The van der Waals surface area contributed by atoms with Crippen LogP contribution in [-0.2, 0) is 16.0 Å². The molecule has 23 heavy (non-hydrogen) atoms. The van der Waals surface area contributed by atoms with Crippen LogP contribution in [0, 0.1) is 0 Å². The van der Waals surface area contributed by atoms with Crippen molar-refractivity contribution in [3.8, 4) is 11.5 Å². The Morgan fingerprint density at radius 1 is 1.43 bits per heavy atom. The third-order valence-electron chi connectivity index (χ3n) is 3.59. The first-order valence-electron chi connectivity index (χ1n) is 7.52. The fourth-order valence-corrected chi connectivity index (χ4v) is 2.44. The average Bonchev–Trinajstić information content (AvgIpc) is 2.54. The lowest BCUT2D eigenvalue weighted by atomic mass is 9.72. The predicted molar refractivity (Wildman–Crippen MR) is 83.5 cm³/mol. The Labute approximate surface area is 135 Å². The van der Waals surface area contributed by atoms with E-state index in [-0.39, 0.29) is 23.8 Å². The Hall–Kier alpha value is -2.22. The lowest BCUT2D eigenvalue weighted by Gasteiger charge is -2.29. The number of methoxy groups -OCH3 is 1. The van der Waals surface area contributed by atoms with E-state index < -0.39 is 19.0 Å². The quantitative estimate of drug-likeness (QED) is 0.613. The number of esters is 1. The summed E-state index contributed by atoms with van der Waals surface area (Å²) in [6.45, 7) is 3.64. The summed E-state index contributed by atoms with van der Waals surface area (Å²) in [6.07, 6.45) is 0.658. The van der Waals surface area contributed by atoms with Crippen molar-refractivity contribution in [3.05, 3.63) is 23.3 Å². The van der Waals surface area contributed by atoms with Gasteiger partial charge in [0.1, 0.15) is 17.1 Å². The third kappa shape index (κ3) is 3.58. The molecular weight excluding hydrogens is 301 g/mol. The minimum atomic E-state index is -1.25. The van der Waals surface area contributed by atoms with Crippen molar-refractivity contribution in [1.82, 2.24) is 5.32 Å². The monoisotopic (exact) mass is 321 g/mol. The fourth-order valence-electron chi connectivity index (χ4n) is 2.44. The summed E-state index contributed by atoms with van der Waals surface area (Å²) < 4.78 is 15.7. The van der Waals surface area contributed by atoms with Crippen molar-refractivity contribution in [2.24, 2.45) is 0 Å². The first-order valence-corrected chi connectivity index (χ1v) is 7.52. The smallest absolute Gasteiger partial charge is 0.534 e. The van der Waals surface area contributed by atoms with Gasteiger partial charge in [-0.25, -0.2) is 4.79 Å². The summed E-state index contributed by atoms with van der Waals surface area (Å²) in [7, 11) is 0.187. The van der Waals surface area contributed by atoms with Crippen LogP contribution in [0.2, 0.25) is 0 Å². The highest BCUT2D eigenvalue weighted by Gasteiger charge is 2.38. The second-order valence-corrected chi connectivity index (χ2v) is 5.09. The zero-order chi connectivity index (χ0) is 17.0. The Balaban J connectivity index is 2.37. The molecule has 0 fully saturated rings. The van der Waals surface area contributed by atoms with Gasteiger partial charge in [0, 0.05) is 6.42 Å². The SMILES string of the molecule is CCOC(=O)c1c(OC)ccc2c1OB(O)C(NC(=O)CC)C2. The van der Waals surface area contributed by atoms with Gasteiger partial charge in [-0.1, -0.05) is 13.0 Å². The van der Waals surface area contributed by atoms with Crippen molar-refractivity contribution in [2.45, 2.75) is 32.6 Å². The zero-order valence-electron chi connectivity index (χ0n) is 13.4. The van der Waals surface area contributed by atoms with Gasteiger partial charge < -0.3 is 24.5 Å². The normalized spacial score (nSPS) is 16.2. The molecule has 1 unspecified atom stereocenters. The van der Waals surface area contributed by atoms with Gasteiger partial charge in [0.15, 0.2) is 0 Å². The summed E-state index contributed by atoms with van der Waals surface area (Å²) in [5, 5.41) is 12.8. The molecule has 7 nitrogen and oxygen atoms in total. The summed E-state index contributed by atoms with van der Waals surface area (Å²) in [5.41, 5.74) is 0.840. The lowest BCUT2D eigenvalue weighted by molar-refractivity contribution is -0.121. The van der Waals surface area contributed by atoms with Crippen LogP contribution < -0.4 is 14.7 Å². The number of hydrogen-bond donors (Lipinski definition) is 2. The zero-order valence-corrected chi connectivity index (χ0v) is 13.4. The summed E-state index contributed by atoms with van der Waals surface area (Å²) in [5.74, 6) is -0.786. The maximum absolute atomic E-state index is 12.2. The highest BCUT2D eigenvalue weighted by Crippen LogP contribution is 2.36. The average molecular weight is 321 g/mol. The van der Waals surface area contributed by atoms with Gasteiger partial charge in [-0.05, 0) is 25.0 Å². The summed E-state index contributed by atoms with van der Waals surface area (Å²) in [6, 6.07) is 3.39. The van der Waals surface area contributed by atoms with E-state index in [2.05, 4.69) is 5.32 Å². The molecular formula is C15H20BNO6. The van der Waals surface area contributed by atoms with E-state index in [1.165, 1.54) is 7.11 Å². The van der Waals surface area contributed by atoms with Gasteiger partial charge in [0.25, 0.3) is 0 Å². The van der Waals surface area contributed by atoms with Gasteiger partial charge in [-0.2, -0.15) is 0 Å². The summed E-state index contributed by atoms with van der Waals surface area (Å²) >= 11 is 0. The van der Waals surface area contributed by atoms with Crippen molar-refractivity contribution in [2.75, 3.05) is 13.7 Å². The molecule has 0 saturated carbocycles. The molecule has 0 aromatic heterocycles. The number of carbonyl (C=O) groups excluding carboxylic acids is 2. The molecule has 0 bridgehead atoms. The van der Waals surface area contributed by atoms with Crippen LogP contribution in [0.15, 0.2) is 12.1 Å². The predicted octanol–water partition coefficient (Wildman–Crippen LogP) is 0.721. The number of nitrogens with one attached hydrogen (secondary N) is 1. The number of fused-ring (bicyclic) bond motifs is 1. The Morgan fingerprint density at radius 2 is 2.17 bits per heavy atom. The maximum Gasteiger partial charge on any atom is 0.547 e. The Bertz CT molecular complexity index is 606. The van der Waals surface area contributed by atoms with Gasteiger partial charge in [0.05, 0.1) is 19.7 Å². The van der Waals surface area contributed by atoms with E-state index in [1.807, 2.05) is 0 Å². The van der Waals surface area contributed by atoms with E-state index in [9.17, 15) is 14.6 Å². The van der Waals surface area contributed by atoms with E-state index in [4.69, 9.17) is 14.1 Å². The molecule has 124 valence electrons. The highest BCUT2D eigenvalue weighted by molar-refractivity contribution is 6.47.